The van der Waals surface area contributed by atoms with Gasteiger partial charge in [0.25, 0.3) is 0 Å². The van der Waals surface area contributed by atoms with Gasteiger partial charge in [-0.2, -0.15) is 0 Å². The van der Waals surface area contributed by atoms with Crippen molar-refractivity contribution in [3.05, 3.63) is 11.5 Å². The number of primary sulfonamides is 1. The summed E-state index contributed by atoms with van der Waals surface area (Å²) >= 11 is 5.71. The zero-order chi connectivity index (χ0) is 13.5. The third-order valence-corrected chi connectivity index (χ3v) is 4.17. The fourth-order valence-electron chi connectivity index (χ4n) is 1.68. The fraction of sp³-hybridized carbons (Fsp3) is 0.375. The number of aromatic nitrogens is 2. The van der Waals surface area contributed by atoms with Gasteiger partial charge < -0.3 is 5.73 Å². The first-order chi connectivity index (χ1) is 8.30. The number of rotatable bonds is 2. The summed E-state index contributed by atoms with van der Waals surface area (Å²) in [6, 6.07) is 0. The molecule has 0 bridgehead atoms. The molecule has 1 atom stereocenters. The second kappa shape index (κ2) is 4.34. The lowest BCUT2D eigenvalue weighted by atomic mass is 10.4. The van der Waals surface area contributed by atoms with E-state index < -0.39 is 21.2 Å². The molecule has 1 fully saturated rings. The Labute approximate surface area is 108 Å². The largest absolute Gasteiger partial charge is 0.393 e. The van der Waals surface area contributed by atoms with E-state index >= 15 is 0 Å². The normalized spacial score (nSPS) is 20.4. The number of anilines is 2. The lowest BCUT2D eigenvalue weighted by molar-refractivity contribution is -0.117. The first-order valence-electron chi connectivity index (χ1n) is 4.88. The number of hydrogen-bond donors (Lipinski definition) is 2. The Morgan fingerprint density at radius 3 is 2.67 bits per heavy atom. The summed E-state index contributed by atoms with van der Waals surface area (Å²) in [5.74, 6) is -0.318. The number of nitrogen functional groups attached to an aromatic ring is 1. The van der Waals surface area contributed by atoms with E-state index in [9.17, 15) is 13.2 Å². The van der Waals surface area contributed by atoms with Crippen LogP contribution in [0.4, 0.5) is 11.5 Å². The van der Waals surface area contributed by atoms with Gasteiger partial charge in [-0.15, -0.1) is 0 Å². The maximum atomic E-state index is 11.7. The Morgan fingerprint density at radius 2 is 2.11 bits per heavy atom. The van der Waals surface area contributed by atoms with E-state index in [1.165, 1.54) is 0 Å². The van der Waals surface area contributed by atoms with Gasteiger partial charge in [-0.1, -0.05) is 11.6 Å². The number of halogens is 1. The Hall–Kier alpha value is -1.45. The van der Waals surface area contributed by atoms with Crippen LogP contribution in [0, 0.1) is 0 Å². The number of carbonyl (C=O) groups is 1. The van der Waals surface area contributed by atoms with Crippen molar-refractivity contribution in [3.63, 3.8) is 0 Å². The Balaban J connectivity index is 2.36. The summed E-state index contributed by atoms with van der Waals surface area (Å²) in [6.45, 7) is -0.0881. The van der Waals surface area contributed by atoms with Crippen LogP contribution in [-0.4, -0.2) is 36.1 Å². The third-order valence-electron chi connectivity index (χ3n) is 2.62. The molecule has 0 aliphatic carbocycles. The molecule has 1 aromatic rings. The van der Waals surface area contributed by atoms with E-state index in [1.54, 1.807) is 0 Å². The van der Waals surface area contributed by atoms with Crippen LogP contribution in [0.5, 0.6) is 0 Å². The average molecular weight is 292 g/mol. The molecule has 0 aromatic carbocycles. The second-order valence-corrected chi connectivity index (χ2v) is 6.02. The molecule has 1 saturated heterocycles. The van der Waals surface area contributed by atoms with Crippen LogP contribution >= 0.6 is 11.6 Å². The van der Waals surface area contributed by atoms with Gasteiger partial charge in [-0.3, -0.25) is 9.69 Å². The predicted octanol–water partition coefficient (Wildman–Crippen LogP) is -0.894. The van der Waals surface area contributed by atoms with E-state index in [0.29, 0.717) is 0 Å². The summed E-state index contributed by atoms with van der Waals surface area (Å²) in [5, 5.41) is 4.06. The van der Waals surface area contributed by atoms with E-state index in [0.717, 1.165) is 11.2 Å². The highest BCUT2D eigenvalue weighted by atomic mass is 35.5. The third kappa shape index (κ3) is 2.24. The highest BCUT2D eigenvalue weighted by Crippen LogP contribution is 2.30. The van der Waals surface area contributed by atoms with Gasteiger partial charge in [0, 0.05) is 13.0 Å². The van der Waals surface area contributed by atoms with Crippen molar-refractivity contribution in [3.8, 4) is 0 Å². The molecule has 1 amide bonds. The fourth-order valence-corrected chi connectivity index (χ4v) is 2.54. The number of sulfonamides is 1. The summed E-state index contributed by atoms with van der Waals surface area (Å²) in [4.78, 5) is 20.4. The average Bonchev–Trinajstić information content (AvgIpc) is 2.64. The van der Waals surface area contributed by atoms with Crippen LogP contribution in [0.3, 0.4) is 0 Å². The highest BCUT2D eigenvalue weighted by Gasteiger charge is 2.38. The van der Waals surface area contributed by atoms with Gasteiger partial charge in [0.1, 0.15) is 17.3 Å². The molecule has 1 unspecified atom stereocenters. The minimum atomic E-state index is -3.78. The van der Waals surface area contributed by atoms with Crippen LogP contribution in [0.2, 0.25) is 5.15 Å². The summed E-state index contributed by atoms with van der Waals surface area (Å²) in [6.07, 6.45) is 0.950. The SMILES string of the molecule is Nc1c(Cl)ncnc1N1CC(S(N)(=O)=O)CC1=O. The summed E-state index contributed by atoms with van der Waals surface area (Å²) in [7, 11) is -3.78. The van der Waals surface area contributed by atoms with Gasteiger partial charge in [0.05, 0.1) is 0 Å². The lowest BCUT2D eigenvalue weighted by Gasteiger charge is -2.16. The standard InChI is InChI=1S/C8H10ClN5O3S/c9-7-6(10)8(13-3-12-7)14-2-4(1-5(14)15)18(11,16)17/h3-4H,1-2,10H2,(H2,11,16,17). The zero-order valence-corrected chi connectivity index (χ0v) is 10.6. The number of amides is 1. The number of nitrogens with zero attached hydrogens (tertiary/aromatic N) is 3. The van der Waals surface area contributed by atoms with Crippen molar-refractivity contribution in [2.24, 2.45) is 5.14 Å². The van der Waals surface area contributed by atoms with Crippen molar-refractivity contribution in [1.29, 1.82) is 0 Å². The minimum Gasteiger partial charge on any atom is -0.393 e. The van der Waals surface area contributed by atoms with E-state index in [-0.39, 0.29) is 29.6 Å². The van der Waals surface area contributed by atoms with Gasteiger partial charge in [0.2, 0.25) is 15.9 Å². The van der Waals surface area contributed by atoms with E-state index in [2.05, 4.69) is 9.97 Å². The molecule has 10 heteroatoms. The maximum Gasteiger partial charge on any atom is 0.229 e. The molecule has 0 saturated carbocycles. The zero-order valence-electron chi connectivity index (χ0n) is 9.08. The molecule has 18 heavy (non-hydrogen) atoms. The quantitative estimate of drug-likeness (QED) is 0.679. The highest BCUT2D eigenvalue weighted by molar-refractivity contribution is 7.89. The van der Waals surface area contributed by atoms with Gasteiger partial charge >= 0.3 is 0 Å². The molecule has 1 aliphatic rings. The second-order valence-electron chi connectivity index (χ2n) is 3.82. The Kier molecular flexibility index (Phi) is 3.13. The van der Waals surface area contributed by atoms with Crippen LogP contribution < -0.4 is 15.8 Å². The number of nitrogens with two attached hydrogens (primary N) is 2. The van der Waals surface area contributed by atoms with Gasteiger partial charge in [-0.25, -0.2) is 23.5 Å². The molecular formula is C8H10ClN5O3S. The van der Waals surface area contributed by atoms with Gasteiger partial charge in [-0.05, 0) is 0 Å². The monoisotopic (exact) mass is 291 g/mol. The molecule has 1 aromatic heterocycles. The van der Waals surface area contributed by atoms with Crippen LogP contribution in [0.1, 0.15) is 6.42 Å². The minimum absolute atomic E-state index is 0.00635. The first-order valence-corrected chi connectivity index (χ1v) is 6.87. The molecule has 98 valence electrons. The first kappa shape index (κ1) is 13.0. The Bertz CT molecular complexity index is 605. The molecule has 0 spiro atoms. The van der Waals surface area contributed by atoms with E-state index in [4.69, 9.17) is 22.5 Å². The van der Waals surface area contributed by atoms with Gasteiger partial charge in [0.15, 0.2) is 11.0 Å². The van der Waals surface area contributed by atoms with Crippen molar-refractivity contribution >= 4 is 39.0 Å². The lowest BCUT2D eigenvalue weighted by Crippen LogP contribution is -2.32. The van der Waals surface area contributed by atoms with Crippen molar-refractivity contribution in [2.75, 3.05) is 17.2 Å². The van der Waals surface area contributed by atoms with E-state index in [1.807, 2.05) is 0 Å². The molecule has 1 aliphatic heterocycles. The molecular weight excluding hydrogens is 282 g/mol. The molecule has 8 nitrogen and oxygen atoms in total. The molecule has 0 radical (unpaired) electrons. The predicted molar refractivity (Wildman–Crippen MR) is 65.3 cm³/mol. The van der Waals surface area contributed by atoms with Crippen molar-refractivity contribution in [1.82, 2.24) is 9.97 Å². The number of carbonyl (C=O) groups excluding carboxylic acids is 1. The number of hydrogen-bond acceptors (Lipinski definition) is 6. The van der Waals surface area contributed by atoms with Crippen molar-refractivity contribution < 1.29 is 13.2 Å². The summed E-state index contributed by atoms with van der Waals surface area (Å²) in [5.41, 5.74) is 5.68. The maximum absolute atomic E-state index is 11.7. The van der Waals surface area contributed by atoms with Crippen LogP contribution in [0.15, 0.2) is 6.33 Å². The van der Waals surface area contributed by atoms with Crippen LogP contribution in [0.25, 0.3) is 0 Å². The molecule has 2 heterocycles. The van der Waals surface area contributed by atoms with Crippen molar-refractivity contribution in [2.45, 2.75) is 11.7 Å². The topological polar surface area (TPSA) is 132 Å². The molecule has 2 rings (SSSR count). The Morgan fingerprint density at radius 1 is 1.44 bits per heavy atom. The molecule has 4 N–H and O–H groups in total. The summed E-state index contributed by atoms with van der Waals surface area (Å²) < 4.78 is 22.4. The van der Waals surface area contributed by atoms with Crippen LogP contribution in [-0.2, 0) is 14.8 Å². The smallest absolute Gasteiger partial charge is 0.229 e.